The molecule has 0 bridgehead atoms. The van der Waals surface area contributed by atoms with Crippen LogP contribution in [0.4, 0.5) is 24.5 Å². The largest absolute Gasteiger partial charge is 0.416 e. The van der Waals surface area contributed by atoms with Crippen LogP contribution >= 0.6 is 0 Å². The molecule has 3 nitrogen and oxygen atoms in total. The molecule has 0 radical (unpaired) electrons. The number of hydrogen-bond donors (Lipinski definition) is 0. The molecular formula is C20H18F3NO2. The molecule has 0 spiro atoms. The van der Waals surface area contributed by atoms with E-state index in [1.54, 1.807) is 12.1 Å². The molecule has 2 aromatic carbocycles. The summed E-state index contributed by atoms with van der Waals surface area (Å²) < 4.78 is 39.3. The number of rotatable bonds is 1. The SMILES string of the molecule is O=C1CCCCc2ccccc2N(c2cccc(C(F)(F)F)c2)C(=O)C1. The first-order valence-corrected chi connectivity index (χ1v) is 8.46. The highest BCUT2D eigenvalue weighted by Crippen LogP contribution is 2.36. The summed E-state index contributed by atoms with van der Waals surface area (Å²) in [5, 5.41) is 0. The van der Waals surface area contributed by atoms with Gasteiger partial charge in [0.05, 0.1) is 17.7 Å². The zero-order valence-corrected chi connectivity index (χ0v) is 14.1. The molecule has 1 aliphatic heterocycles. The number of amides is 1. The molecule has 0 saturated heterocycles. The number of aryl methyl sites for hydroxylation is 1. The van der Waals surface area contributed by atoms with Crippen LogP contribution in [0.15, 0.2) is 48.5 Å². The fraction of sp³-hybridized carbons (Fsp3) is 0.300. The lowest BCUT2D eigenvalue weighted by Gasteiger charge is -2.27. The summed E-state index contributed by atoms with van der Waals surface area (Å²) in [6, 6.07) is 11.8. The number of benzene rings is 2. The van der Waals surface area contributed by atoms with Gasteiger partial charge < -0.3 is 0 Å². The lowest BCUT2D eigenvalue weighted by atomic mass is 9.99. The van der Waals surface area contributed by atoms with Gasteiger partial charge in [-0.1, -0.05) is 24.3 Å². The topological polar surface area (TPSA) is 37.4 Å². The summed E-state index contributed by atoms with van der Waals surface area (Å²) in [5.41, 5.74) is 0.702. The van der Waals surface area contributed by atoms with Crippen molar-refractivity contribution in [1.82, 2.24) is 0 Å². The van der Waals surface area contributed by atoms with Crippen molar-refractivity contribution in [2.45, 2.75) is 38.3 Å². The van der Waals surface area contributed by atoms with E-state index in [9.17, 15) is 22.8 Å². The maximum atomic E-state index is 13.1. The predicted octanol–water partition coefficient (Wildman–Crippen LogP) is 5.06. The zero-order chi connectivity index (χ0) is 18.7. The van der Waals surface area contributed by atoms with Crippen LogP contribution in [-0.4, -0.2) is 11.7 Å². The maximum absolute atomic E-state index is 13.1. The zero-order valence-electron chi connectivity index (χ0n) is 14.1. The van der Waals surface area contributed by atoms with Crippen molar-refractivity contribution >= 4 is 23.1 Å². The number of anilines is 2. The molecule has 0 aromatic heterocycles. The smallest absolute Gasteiger partial charge is 0.299 e. The van der Waals surface area contributed by atoms with Gasteiger partial charge in [-0.05, 0) is 49.1 Å². The van der Waals surface area contributed by atoms with Crippen LogP contribution in [-0.2, 0) is 22.2 Å². The Kier molecular flexibility index (Phi) is 5.11. The highest BCUT2D eigenvalue weighted by molar-refractivity contribution is 6.10. The van der Waals surface area contributed by atoms with E-state index in [1.807, 2.05) is 12.1 Å². The molecule has 1 aliphatic rings. The molecule has 1 heterocycles. The van der Waals surface area contributed by atoms with Gasteiger partial charge >= 0.3 is 6.18 Å². The lowest BCUT2D eigenvalue weighted by molar-refractivity contribution is -0.137. The summed E-state index contributed by atoms with van der Waals surface area (Å²) >= 11 is 0. The van der Waals surface area contributed by atoms with Crippen molar-refractivity contribution in [3.8, 4) is 0 Å². The summed E-state index contributed by atoms with van der Waals surface area (Å²) in [6.45, 7) is 0. The van der Waals surface area contributed by atoms with E-state index in [2.05, 4.69) is 0 Å². The van der Waals surface area contributed by atoms with Gasteiger partial charge in [0.15, 0.2) is 0 Å². The summed E-state index contributed by atoms with van der Waals surface area (Å²) in [6.07, 6.45) is -2.37. The minimum atomic E-state index is -4.51. The molecule has 0 unspecified atom stereocenters. The minimum absolute atomic E-state index is 0.116. The molecule has 0 saturated carbocycles. The molecular weight excluding hydrogens is 343 g/mol. The quantitative estimate of drug-likeness (QED) is 0.666. The minimum Gasteiger partial charge on any atom is -0.299 e. The van der Waals surface area contributed by atoms with Gasteiger partial charge in [0.1, 0.15) is 5.78 Å². The summed E-state index contributed by atoms with van der Waals surface area (Å²) in [4.78, 5) is 26.0. The molecule has 2 aromatic rings. The number of halogens is 3. The van der Waals surface area contributed by atoms with Gasteiger partial charge in [-0.2, -0.15) is 13.2 Å². The second-order valence-electron chi connectivity index (χ2n) is 6.33. The highest BCUT2D eigenvalue weighted by Gasteiger charge is 2.32. The Morgan fingerprint density at radius 3 is 2.38 bits per heavy atom. The number of hydrogen-bond acceptors (Lipinski definition) is 2. The van der Waals surface area contributed by atoms with E-state index < -0.39 is 17.6 Å². The fourth-order valence-electron chi connectivity index (χ4n) is 3.15. The first kappa shape index (κ1) is 18.2. The number of fused-ring (bicyclic) bond motifs is 1. The van der Waals surface area contributed by atoms with E-state index in [-0.39, 0.29) is 17.9 Å². The third-order valence-corrected chi connectivity index (χ3v) is 4.41. The Balaban J connectivity index is 2.12. The Morgan fingerprint density at radius 2 is 1.62 bits per heavy atom. The van der Waals surface area contributed by atoms with Crippen LogP contribution < -0.4 is 4.90 Å². The number of nitrogens with zero attached hydrogens (tertiary/aromatic N) is 1. The third kappa shape index (κ3) is 3.95. The molecule has 136 valence electrons. The van der Waals surface area contributed by atoms with Crippen LogP contribution in [0.2, 0.25) is 0 Å². The molecule has 0 fully saturated rings. The van der Waals surface area contributed by atoms with Crippen molar-refractivity contribution in [2.24, 2.45) is 0 Å². The number of para-hydroxylation sites is 1. The Labute approximate surface area is 149 Å². The van der Waals surface area contributed by atoms with Crippen molar-refractivity contribution < 1.29 is 22.8 Å². The van der Waals surface area contributed by atoms with Crippen molar-refractivity contribution in [2.75, 3.05) is 4.90 Å². The Morgan fingerprint density at radius 1 is 0.885 bits per heavy atom. The second-order valence-corrected chi connectivity index (χ2v) is 6.33. The van der Waals surface area contributed by atoms with Crippen LogP contribution in [0, 0.1) is 0 Å². The average molecular weight is 361 g/mol. The van der Waals surface area contributed by atoms with Gasteiger partial charge in [0.2, 0.25) is 5.91 Å². The predicted molar refractivity (Wildman–Crippen MR) is 92.2 cm³/mol. The first-order valence-electron chi connectivity index (χ1n) is 8.46. The fourth-order valence-corrected chi connectivity index (χ4v) is 3.15. The molecule has 3 rings (SSSR count). The van der Waals surface area contributed by atoms with Gasteiger partial charge in [-0.3, -0.25) is 14.5 Å². The van der Waals surface area contributed by atoms with Gasteiger partial charge in [0, 0.05) is 12.1 Å². The van der Waals surface area contributed by atoms with Crippen LogP contribution in [0.1, 0.15) is 36.8 Å². The molecule has 0 N–H and O–H groups in total. The number of carbonyl (C=O) groups is 2. The number of carbonyl (C=O) groups excluding carboxylic acids is 2. The van der Waals surface area contributed by atoms with Crippen LogP contribution in [0.3, 0.4) is 0 Å². The Hall–Kier alpha value is -2.63. The van der Waals surface area contributed by atoms with Gasteiger partial charge in [0.25, 0.3) is 0 Å². The van der Waals surface area contributed by atoms with E-state index in [0.29, 0.717) is 24.9 Å². The monoisotopic (exact) mass is 361 g/mol. The normalized spacial score (nSPS) is 16.3. The second kappa shape index (κ2) is 7.32. The standard InChI is InChI=1S/C20H18F3NO2/c21-20(22,23)15-8-5-9-16(12-15)24-18-11-4-2-7-14(18)6-1-3-10-17(25)13-19(24)26/h2,4-5,7-9,11-12H,1,3,6,10,13H2. The molecule has 6 heteroatoms. The first-order chi connectivity index (χ1) is 12.4. The molecule has 26 heavy (non-hydrogen) atoms. The molecule has 0 atom stereocenters. The summed E-state index contributed by atoms with van der Waals surface area (Å²) in [7, 11) is 0. The summed E-state index contributed by atoms with van der Waals surface area (Å²) in [5.74, 6) is -0.699. The van der Waals surface area contributed by atoms with E-state index in [0.717, 1.165) is 24.1 Å². The van der Waals surface area contributed by atoms with Crippen LogP contribution in [0.5, 0.6) is 0 Å². The maximum Gasteiger partial charge on any atom is 0.416 e. The number of Topliss-reactive ketones (excluding diaryl/α,β-unsaturated/α-hetero) is 1. The average Bonchev–Trinajstić information content (AvgIpc) is 2.59. The van der Waals surface area contributed by atoms with Gasteiger partial charge in [-0.25, -0.2) is 0 Å². The highest BCUT2D eigenvalue weighted by atomic mass is 19.4. The third-order valence-electron chi connectivity index (χ3n) is 4.41. The van der Waals surface area contributed by atoms with E-state index in [4.69, 9.17) is 0 Å². The van der Waals surface area contributed by atoms with Crippen molar-refractivity contribution in [1.29, 1.82) is 0 Å². The lowest BCUT2D eigenvalue weighted by Crippen LogP contribution is -2.29. The van der Waals surface area contributed by atoms with E-state index in [1.165, 1.54) is 17.0 Å². The number of alkyl halides is 3. The molecule has 0 aliphatic carbocycles. The molecule has 1 amide bonds. The number of ketones is 1. The Bertz CT molecular complexity index is 830. The van der Waals surface area contributed by atoms with E-state index >= 15 is 0 Å². The van der Waals surface area contributed by atoms with Crippen molar-refractivity contribution in [3.05, 3.63) is 59.7 Å². The van der Waals surface area contributed by atoms with Gasteiger partial charge in [-0.15, -0.1) is 0 Å². The van der Waals surface area contributed by atoms with Crippen LogP contribution in [0.25, 0.3) is 0 Å². The van der Waals surface area contributed by atoms with Crippen molar-refractivity contribution in [3.63, 3.8) is 0 Å².